The highest BCUT2D eigenvalue weighted by Gasteiger charge is 2.66. The molecule has 2 rings (SSSR count). The van der Waals surface area contributed by atoms with Crippen molar-refractivity contribution in [2.24, 2.45) is 0 Å². The Morgan fingerprint density at radius 3 is 2.55 bits per heavy atom. The van der Waals surface area contributed by atoms with Crippen molar-refractivity contribution in [2.75, 3.05) is 12.4 Å². The van der Waals surface area contributed by atoms with Crippen LogP contribution in [0.1, 0.15) is 31.7 Å². The van der Waals surface area contributed by atoms with Gasteiger partial charge < -0.3 is 4.74 Å². The van der Waals surface area contributed by atoms with Crippen LogP contribution in [-0.2, 0) is 10.3 Å². The highest BCUT2D eigenvalue weighted by atomic mass is 32.2. The Morgan fingerprint density at radius 2 is 2.00 bits per heavy atom. The molecule has 1 aliphatic heterocycles. The zero-order valence-electron chi connectivity index (χ0n) is 11.1. The van der Waals surface area contributed by atoms with E-state index < -0.39 is 22.5 Å². The van der Waals surface area contributed by atoms with Crippen LogP contribution in [0, 0.1) is 11.6 Å². The molecule has 1 nitrogen and oxygen atoms in total. The quantitative estimate of drug-likeness (QED) is 0.411. The Bertz CT molecular complexity index is 474. The molecule has 0 aliphatic carbocycles. The van der Waals surface area contributed by atoms with E-state index in [4.69, 9.17) is 4.74 Å². The fourth-order valence-electron chi connectivity index (χ4n) is 2.04. The Labute approximate surface area is 119 Å². The van der Waals surface area contributed by atoms with Crippen molar-refractivity contribution in [1.29, 1.82) is 0 Å². The second-order valence-corrected chi connectivity index (χ2v) is 6.02. The Kier molecular flexibility index (Phi) is 4.64. The molecule has 1 saturated heterocycles. The minimum atomic E-state index is -3.22. The number of rotatable bonds is 7. The second kappa shape index (κ2) is 5.93. The third kappa shape index (κ3) is 2.96. The standard InChI is InChI=1S/C14H16F4OS/c1-2-3-4-7-20-14(17,18)13(9-19-13)11-6-5-10(15)8-12(11)16/h5-6,8H,2-4,7,9H2,1H3. The molecule has 1 aromatic rings. The maximum atomic E-state index is 14.2. The summed E-state index contributed by atoms with van der Waals surface area (Å²) in [5.41, 5.74) is -2.21. The number of hydrogen-bond donors (Lipinski definition) is 0. The number of epoxide rings is 1. The molecule has 0 aromatic heterocycles. The van der Waals surface area contributed by atoms with E-state index in [2.05, 4.69) is 0 Å². The van der Waals surface area contributed by atoms with E-state index in [0.717, 1.165) is 25.0 Å². The van der Waals surface area contributed by atoms with Crippen LogP contribution in [0.15, 0.2) is 18.2 Å². The summed E-state index contributed by atoms with van der Waals surface area (Å²) in [6, 6.07) is 2.62. The Hall–Kier alpha value is -0.750. The van der Waals surface area contributed by atoms with Gasteiger partial charge in [0.1, 0.15) is 11.6 Å². The number of alkyl halides is 2. The van der Waals surface area contributed by atoms with E-state index in [1.54, 1.807) is 0 Å². The molecule has 0 amide bonds. The van der Waals surface area contributed by atoms with Crippen LogP contribution in [-0.4, -0.2) is 17.6 Å². The summed E-state index contributed by atoms with van der Waals surface area (Å²) in [6.45, 7) is 1.74. The van der Waals surface area contributed by atoms with Crippen molar-refractivity contribution in [3.05, 3.63) is 35.4 Å². The van der Waals surface area contributed by atoms with E-state index in [1.165, 1.54) is 0 Å². The molecule has 20 heavy (non-hydrogen) atoms. The molecular weight excluding hydrogens is 292 g/mol. The molecule has 0 saturated carbocycles. The van der Waals surface area contributed by atoms with Gasteiger partial charge in [0.05, 0.1) is 6.61 Å². The molecule has 0 radical (unpaired) electrons. The summed E-state index contributed by atoms with van der Waals surface area (Å²) >= 11 is 0.477. The SMILES string of the molecule is CCCCCSC(F)(F)C1(c2ccc(F)cc2F)CO1. The first-order chi connectivity index (χ1) is 9.43. The lowest BCUT2D eigenvalue weighted by atomic mass is 9.99. The lowest BCUT2D eigenvalue weighted by molar-refractivity contribution is 0.00778. The van der Waals surface area contributed by atoms with Crippen LogP contribution in [0.2, 0.25) is 0 Å². The van der Waals surface area contributed by atoms with Crippen molar-refractivity contribution in [1.82, 2.24) is 0 Å². The van der Waals surface area contributed by atoms with Crippen LogP contribution < -0.4 is 0 Å². The largest absolute Gasteiger partial charge is 0.357 e. The average molecular weight is 308 g/mol. The molecule has 1 aromatic carbocycles. The van der Waals surface area contributed by atoms with Crippen molar-refractivity contribution in [3.8, 4) is 0 Å². The van der Waals surface area contributed by atoms with Gasteiger partial charge in [-0.05, 0) is 24.3 Å². The highest BCUT2D eigenvalue weighted by Crippen LogP contribution is 2.56. The van der Waals surface area contributed by atoms with E-state index in [1.807, 2.05) is 6.92 Å². The molecule has 1 unspecified atom stereocenters. The third-order valence-corrected chi connectivity index (χ3v) is 4.49. The van der Waals surface area contributed by atoms with Gasteiger partial charge in [0, 0.05) is 11.6 Å². The summed E-state index contributed by atoms with van der Waals surface area (Å²) in [5, 5.41) is -3.22. The molecule has 1 aliphatic rings. The average Bonchev–Trinajstić information content (AvgIpc) is 3.16. The summed E-state index contributed by atoms with van der Waals surface area (Å²) in [6.07, 6.45) is 2.50. The van der Waals surface area contributed by atoms with Gasteiger partial charge >= 0.3 is 5.25 Å². The molecule has 1 fully saturated rings. The lowest BCUT2D eigenvalue weighted by Gasteiger charge is -2.24. The first kappa shape index (κ1) is 15.6. The number of unbranched alkanes of at least 4 members (excludes halogenated alkanes) is 2. The van der Waals surface area contributed by atoms with Gasteiger partial charge in [0.25, 0.3) is 0 Å². The number of hydrogen-bond acceptors (Lipinski definition) is 2. The van der Waals surface area contributed by atoms with Crippen LogP contribution in [0.4, 0.5) is 17.6 Å². The topological polar surface area (TPSA) is 12.5 Å². The van der Waals surface area contributed by atoms with Crippen LogP contribution >= 0.6 is 11.8 Å². The third-order valence-electron chi connectivity index (χ3n) is 3.30. The molecule has 0 bridgehead atoms. The van der Waals surface area contributed by atoms with Crippen molar-refractivity contribution in [2.45, 2.75) is 37.0 Å². The summed E-state index contributed by atoms with van der Waals surface area (Å²) in [5.74, 6) is -1.49. The molecule has 0 spiro atoms. The molecule has 0 N–H and O–H groups in total. The summed E-state index contributed by atoms with van der Waals surface area (Å²) in [4.78, 5) is 0. The first-order valence-electron chi connectivity index (χ1n) is 6.54. The van der Waals surface area contributed by atoms with E-state index in [0.29, 0.717) is 24.2 Å². The van der Waals surface area contributed by atoms with Gasteiger partial charge in [-0.3, -0.25) is 0 Å². The predicted octanol–water partition coefficient (Wildman–Crippen LogP) is 4.71. The van der Waals surface area contributed by atoms with Gasteiger partial charge in [0.2, 0.25) is 0 Å². The smallest absolute Gasteiger partial charge is 0.328 e. The van der Waals surface area contributed by atoms with Gasteiger partial charge in [0.15, 0.2) is 5.60 Å². The number of thioether (sulfide) groups is 1. The van der Waals surface area contributed by atoms with Crippen LogP contribution in [0.3, 0.4) is 0 Å². The van der Waals surface area contributed by atoms with Gasteiger partial charge in [-0.15, -0.1) is 0 Å². The van der Waals surface area contributed by atoms with Crippen molar-refractivity contribution >= 4 is 11.8 Å². The minimum Gasteiger partial charge on any atom is -0.357 e. The molecule has 112 valence electrons. The van der Waals surface area contributed by atoms with Crippen LogP contribution in [0.5, 0.6) is 0 Å². The lowest BCUT2D eigenvalue weighted by Crippen LogP contribution is -2.33. The van der Waals surface area contributed by atoms with E-state index in [9.17, 15) is 17.6 Å². The molecular formula is C14H16F4OS. The minimum absolute atomic E-state index is 0.247. The maximum Gasteiger partial charge on any atom is 0.328 e. The number of halogens is 4. The summed E-state index contributed by atoms with van der Waals surface area (Å²) in [7, 11) is 0. The zero-order valence-corrected chi connectivity index (χ0v) is 11.9. The first-order valence-corrected chi connectivity index (χ1v) is 7.53. The van der Waals surface area contributed by atoms with E-state index in [-0.39, 0.29) is 17.9 Å². The summed E-state index contributed by atoms with van der Waals surface area (Å²) < 4.78 is 59.9. The highest BCUT2D eigenvalue weighted by molar-refractivity contribution is 8.00. The number of benzene rings is 1. The van der Waals surface area contributed by atoms with Crippen LogP contribution in [0.25, 0.3) is 0 Å². The zero-order chi connectivity index (χ0) is 14.8. The Balaban J connectivity index is 2.13. The van der Waals surface area contributed by atoms with E-state index >= 15 is 0 Å². The fraction of sp³-hybridized carbons (Fsp3) is 0.571. The molecule has 6 heteroatoms. The van der Waals surface area contributed by atoms with Gasteiger partial charge in [-0.25, -0.2) is 8.78 Å². The molecule has 1 heterocycles. The van der Waals surface area contributed by atoms with Gasteiger partial charge in [-0.2, -0.15) is 8.78 Å². The normalized spacial score (nSPS) is 22.1. The maximum absolute atomic E-state index is 14.2. The Morgan fingerprint density at radius 1 is 1.30 bits per heavy atom. The predicted molar refractivity (Wildman–Crippen MR) is 70.9 cm³/mol. The van der Waals surface area contributed by atoms with Gasteiger partial charge in [-0.1, -0.05) is 31.5 Å². The molecule has 1 atom stereocenters. The number of ether oxygens (including phenoxy) is 1. The fourth-order valence-corrected chi connectivity index (χ4v) is 3.10. The monoisotopic (exact) mass is 308 g/mol. The van der Waals surface area contributed by atoms with Crippen molar-refractivity contribution in [3.63, 3.8) is 0 Å². The second-order valence-electron chi connectivity index (χ2n) is 4.81. The van der Waals surface area contributed by atoms with Crippen molar-refractivity contribution < 1.29 is 22.3 Å².